The summed E-state index contributed by atoms with van der Waals surface area (Å²) < 4.78 is 13.7. The predicted octanol–water partition coefficient (Wildman–Crippen LogP) is 3.29. The molecule has 4 rings (SSSR count). The van der Waals surface area contributed by atoms with Gasteiger partial charge in [-0.1, -0.05) is 18.2 Å². The Bertz CT molecular complexity index is 940. The van der Waals surface area contributed by atoms with Gasteiger partial charge < -0.3 is 10.4 Å². The average Bonchev–Trinajstić information content (AvgIpc) is 3.34. The lowest BCUT2D eigenvalue weighted by Crippen LogP contribution is -2.16. The number of nitrogens with zero attached hydrogens (tertiary/aromatic N) is 1. The van der Waals surface area contributed by atoms with E-state index in [1.807, 2.05) is 0 Å². The van der Waals surface area contributed by atoms with Gasteiger partial charge >= 0.3 is 5.97 Å². The van der Waals surface area contributed by atoms with Gasteiger partial charge in [0.15, 0.2) is 0 Å². The van der Waals surface area contributed by atoms with Crippen LogP contribution in [0, 0.1) is 5.92 Å². The number of nitrogens with one attached hydrogen (secondary N) is 2. The lowest BCUT2D eigenvalue weighted by atomic mass is 9.95. The molecule has 7 heteroatoms. The summed E-state index contributed by atoms with van der Waals surface area (Å²) in [6, 6.07) is 3.23. The first-order chi connectivity index (χ1) is 12.0. The van der Waals surface area contributed by atoms with E-state index >= 15 is 0 Å². The van der Waals surface area contributed by atoms with Crippen LogP contribution < -0.4 is 5.32 Å². The zero-order valence-corrected chi connectivity index (χ0v) is 13.3. The number of aromatic carboxylic acids is 1. The van der Waals surface area contributed by atoms with Crippen LogP contribution in [0.3, 0.4) is 0 Å². The summed E-state index contributed by atoms with van der Waals surface area (Å²) >= 11 is 0. The molecule has 1 amide bonds. The molecule has 1 unspecified atom stereocenters. The monoisotopic (exact) mass is 341 g/mol. The third-order valence-corrected chi connectivity index (χ3v) is 4.49. The summed E-state index contributed by atoms with van der Waals surface area (Å²) in [6.07, 6.45) is 5.43. The number of fused-ring (bicyclic) bond motifs is 1. The van der Waals surface area contributed by atoms with Crippen LogP contribution in [0.4, 0.5) is 10.1 Å². The molecule has 1 heterocycles. The van der Waals surface area contributed by atoms with Crippen molar-refractivity contribution in [1.82, 2.24) is 10.2 Å². The number of aromatic nitrogens is 2. The fraction of sp³-hybridized carbons (Fsp3) is 0.278. The van der Waals surface area contributed by atoms with Crippen LogP contribution in [-0.4, -0.2) is 33.4 Å². The molecule has 0 bridgehead atoms. The zero-order valence-electron chi connectivity index (χ0n) is 13.3. The molecule has 1 aromatic carbocycles. The molecule has 2 aliphatic carbocycles. The first-order valence-electron chi connectivity index (χ1n) is 8.11. The van der Waals surface area contributed by atoms with Crippen molar-refractivity contribution in [3.63, 3.8) is 0 Å². The van der Waals surface area contributed by atoms with Gasteiger partial charge in [-0.15, -0.1) is 0 Å². The van der Waals surface area contributed by atoms with Gasteiger partial charge in [-0.2, -0.15) is 5.10 Å². The minimum absolute atomic E-state index is 0.0267. The van der Waals surface area contributed by atoms with Crippen molar-refractivity contribution in [2.24, 2.45) is 5.92 Å². The first kappa shape index (κ1) is 15.6. The topological polar surface area (TPSA) is 95.1 Å². The molecule has 1 fully saturated rings. The second-order valence-corrected chi connectivity index (χ2v) is 6.35. The van der Waals surface area contributed by atoms with Crippen LogP contribution in [0.25, 0.3) is 16.5 Å². The summed E-state index contributed by atoms with van der Waals surface area (Å²) in [6.45, 7) is 0. The number of H-pyrrole nitrogens is 1. The highest BCUT2D eigenvalue weighted by Gasteiger charge is 2.31. The number of amides is 1. The maximum Gasteiger partial charge on any atom is 0.338 e. The molecular weight excluding hydrogens is 325 g/mol. The Morgan fingerprint density at radius 1 is 1.32 bits per heavy atom. The molecule has 0 saturated heterocycles. The van der Waals surface area contributed by atoms with E-state index in [-0.39, 0.29) is 29.5 Å². The number of alkyl halides is 1. The van der Waals surface area contributed by atoms with Crippen LogP contribution in [0.5, 0.6) is 0 Å². The second kappa shape index (κ2) is 5.84. The van der Waals surface area contributed by atoms with Gasteiger partial charge in [0.1, 0.15) is 6.17 Å². The molecular formula is C18H16FN3O3. The zero-order chi connectivity index (χ0) is 17.6. The molecule has 0 spiro atoms. The Morgan fingerprint density at radius 3 is 2.80 bits per heavy atom. The quantitative estimate of drug-likeness (QED) is 0.795. The average molecular weight is 341 g/mol. The SMILES string of the molecule is O=C(O)c1c(NC(=O)C2CC2)ccc2[nH]nc(C3=CC=CC(F)C3)c12. The molecule has 2 aliphatic rings. The Kier molecular flexibility index (Phi) is 3.63. The number of halogens is 1. The molecule has 2 aromatic rings. The summed E-state index contributed by atoms with van der Waals surface area (Å²) in [7, 11) is 0. The third-order valence-electron chi connectivity index (χ3n) is 4.49. The minimum Gasteiger partial charge on any atom is -0.478 e. The van der Waals surface area contributed by atoms with Crippen LogP contribution in [0.1, 0.15) is 35.3 Å². The van der Waals surface area contributed by atoms with E-state index in [1.54, 1.807) is 24.3 Å². The molecule has 25 heavy (non-hydrogen) atoms. The lowest BCUT2D eigenvalue weighted by molar-refractivity contribution is -0.117. The van der Waals surface area contributed by atoms with Gasteiger partial charge in [0, 0.05) is 17.7 Å². The second-order valence-electron chi connectivity index (χ2n) is 6.35. The lowest BCUT2D eigenvalue weighted by Gasteiger charge is -2.13. The third kappa shape index (κ3) is 2.82. The number of carboxylic acids is 1. The van der Waals surface area contributed by atoms with E-state index in [9.17, 15) is 19.1 Å². The Balaban J connectivity index is 1.85. The number of hydrogen-bond donors (Lipinski definition) is 3. The highest BCUT2D eigenvalue weighted by atomic mass is 19.1. The van der Waals surface area contributed by atoms with Crippen LogP contribution in [0.2, 0.25) is 0 Å². The van der Waals surface area contributed by atoms with E-state index in [2.05, 4.69) is 15.5 Å². The number of carboxylic acid groups (broad SMARTS) is 1. The molecule has 0 aliphatic heterocycles. The molecule has 3 N–H and O–H groups in total. The number of carbonyl (C=O) groups is 2. The molecule has 1 saturated carbocycles. The number of benzene rings is 1. The molecule has 1 aromatic heterocycles. The normalized spacial score (nSPS) is 19.7. The van der Waals surface area contributed by atoms with Gasteiger partial charge in [0.05, 0.1) is 22.5 Å². The van der Waals surface area contributed by atoms with Crippen molar-refractivity contribution in [3.8, 4) is 0 Å². The number of hydrogen-bond acceptors (Lipinski definition) is 3. The Hall–Kier alpha value is -2.96. The van der Waals surface area contributed by atoms with Crippen molar-refractivity contribution in [2.75, 3.05) is 5.32 Å². The highest BCUT2D eigenvalue weighted by Crippen LogP contribution is 2.36. The molecule has 128 valence electrons. The van der Waals surface area contributed by atoms with Crippen molar-refractivity contribution in [1.29, 1.82) is 0 Å². The van der Waals surface area contributed by atoms with E-state index in [0.29, 0.717) is 22.2 Å². The van der Waals surface area contributed by atoms with E-state index in [0.717, 1.165) is 12.8 Å². The summed E-state index contributed by atoms with van der Waals surface area (Å²) in [5.74, 6) is -1.38. The van der Waals surface area contributed by atoms with E-state index < -0.39 is 12.1 Å². The standard InChI is InChI=1S/C18H16FN3O3/c19-11-3-1-2-10(8-11)16-14-13(21-22-16)7-6-12(15(14)18(24)25)20-17(23)9-4-5-9/h1-3,6-7,9,11H,4-5,8H2,(H,20,23)(H,21,22)(H,24,25). The number of carbonyl (C=O) groups excluding carboxylic acids is 1. The molecule has 0 radical (unpaired) electrons. The van der Waals surface area contributed by atoms with Gasteiger partial charge in [0.2, 0.25) is 5.91 Å². The van der Waals surface area contributed by atoms with Gasteiger partial charge in [0.25, 0.3) is 0 Å². The number of anilines is 1. The van der Waals surface area contributed by atoms with Crippen molar-refractivity contribution >= 4 is 34.0 Å². The van der Waals surface area contributed by atoms with Crippen molar-refractivity contribution in [3.05, 3.63) is 41.6 Å². The van der Waals surface area contributed by atoms with Crippen molar-refractivity contribution < 1.29 is 19.1 Å². The predicted molar refractivity (Wildman–Crippen MR) is 91.0 cm³/mol. The highest BCUT2D eigenvalue weighted by molar-refractivity contribution is 6.13. The van der Waals surface area contributed by atoms with Crippen molar-refractivity contribution in [2.45, 2.75) is 25.4 Å². The van der Waals surface area contributed by atoms with Gasteiger partial charge in [-0.3, -0.25) is 9.89 Å². The van der Waals surface area contributed by atoms with Crippen LogP contribution in [-0.2, 0) is 4.79 Å². The Morgan fingerprint density at radius 2 is 2.12 bits per heavy atom. The Labute approximate surface area is 142 Å². The maximum atomic E-state index is 13.7. The summed E-state index contributed by atoms with van der Waals surface area (Å²) in [4.78, 5) is 24.0. The van der Waals surface area contributed by atoms with Crippen LogP contribution in [0.15, 0.2) is 30.4 Å². The number of aromatic amines is 1. The smallest absolute Gasteiger partial charge is 0.338 e. The fourth-order valence-corrected chi connectivity index (χ4v) is 3.07. The fourth-order valence-electron chi connectivity index (χ4n) is 3.07. The largest absolute Gasteiger partial charge is 0.478 e. The summed E-state index contributed by atoms with van der Waals surface area (Å²) in [5, 5.41) is 19.8. The van der Waals surface area contributed by atoms with Gasteiger partial charge in [-0.25, -0.2) is 9.18 Å². The molecule has 1 atom stereocenters. The first-order valence-corrected chi connectivity index (χ1v) is 8.11. The molecule has 6 nitrogen and oxygen atoms in total. The maximum absolute atomic E-state index is 13.7. The summed E-state index contributed by atoms with van der Waals surface area (Å²) in [5.41, 5.74) is 1.77. The minimum atomic E-state index is -1.16. The number of rotatable bonds is 4. The number of allylic oxidation sites excluding steroid dienone is 4. The van der Waals surface area contributed by atoms with E-state index in [4.69, 9.17) is 0 Å². The van der Waals surface area contributed by atoms with E-state index in [1.165, 1.54) is 6.08 Å². The van der Waals surface area contributed by atoms with Crippen LogP contribution >= 0.6 is 0 Å². The van der Waals surface area contributed by atoms with Gasteiger partial charge in [-0.05, 0) is 30.5 Å².